The number of unbranched alkanes of at least 4 members (excludes halogenated alkanes) is 1. The molecule has 0 saturated heterocycles. The average molecular weight is 231 g/mol. The van der Waals surface area contributed by atoms with E-state index in [0.29, 0.717) is 12.0 Å². The zero-order valence-electron chi connectivity index (χ0n) is 9.45. The van der Waals surface area contributed by atoms with Crippen molar-refractivity contribution in [3.05, 3.63) is 18.2 Å². The van der Waals surface area contributed by atoms with Crippen molar-refractivity contribution in [2.24, 2.45) is 0 Å². The fourth-order valence-electron chi connectivity index (χ4n) is 1.36. The molecule has 0 N–H and O–H groups in total. The minimum Gasteiger partial charge on any atom is -0.379 e. The minimum atomic E-state index is 0.330. The molecule has 0 radical (unpaired) electrons. The summed E-state index contributed by atoms with van der Waals surface area (Å²) in [6, 6.07) is 0. The van der Waals surface area contributed by atoms with Crippen molar-refractivity contribution in [3.63, 3.8) is 0 Å². The van der Waals surface area contributed by atoms with Gasteiger partial charge in [-0.15, -0.1) is 11.6 Å². The van der Waals surface area contributed by atoms with Crippen LogP contribution in [0.1, 0.15) is 32.4 Å². The summed E-state index contributed by atoms with van der Waals surface area (Å²) in [6.07, 6.45) is 6.17. The lowest BCUT2D eigenvalue weighted by atomic mass is 10.3. The lowest BCUT2D eigenvalue weighted by molar-refractivity contribution is 0.0754. The third-order valence-corrected chi connectivity index (χ3v) is 2.45. The Kier molecular flexibility index (Phi) is 5.73. The van der Waals surface area contributed by atoms with Gasteiger partial charge in [-0.1, -0.05) is 0 Å². The maximum atomic E-state index is 5.77. The van der Waals surface area contributed by atoms with Gasteiger partial charge < -0.3 is 9.30 Å². The van der Waals surface area contributed by atoms with Crippen molar-refractivity contribution in [2.75, 3.05) is 6.61 Å². The summed E-state index contributed by atoms with van der Waals surface area (Å²) in [4.78, 5) is 4.07. The number of alkyl halides is 1. The summed E-state index contributed by atoms with van der Waals surface area (Å²) < 4.78 is 7.57. The molecule has 3 nitrogen and oxygen atoms in total. The molecule has 1 aromatic heterocycles. The molecule has 0 unspecified atom stereocenters. The van der Waals surface area contributed by atoms with Crippen LogP contribution >= 0.6 is 11.6 Å². The number of ether oxygens (including phenoxy) is 1. The second-order valence-electron chi connectivity index (χ2n) is 3.84. The largest absolute Gasteiger partial charge is 0.379 e. The molecular weight excluding hydrogens is 212 g/mol. The van der Waals surface area contributed by atoms with Crippen LogP contribution in [0.25, 0.3) is 0 Å². The van der Waals surface area contributed by atoms with Crippen LogP contribution in [0.2, 0.25) is 0 Å². The first-order valence-electron chi connectivity index (χ1n) is 5.40. The Balaban J connectivity index is 2.15. The van der Waals surface area contributed by atoms with Crippen LogP contribution in [0.5, 0.6) is 0 Å². The number of rotatable bonds is 7. The first-order valence-corrected chi connectivity index (χ1v) is 5.94. The van der Waals surface area contributed by atoms with E-state index in [1.807, 2.05) is 12.5 Å². The lowest BCUT2D eigenvalue weighted by Gasteiger charge is -2.08. The Hall–Kier alpha value is -0.540. The molecule has 0 fully saturated rings. The number of aromatic nitrogens is 2. The summed E-state index contributed by atoms with van der Waals surface area (Å²) >= 11 is 5.77. The molecule has 1 aromatic rings. The van der Waals surface area contributed by atoms with Gasteiger partial charge in [-0.05, 0) is 26.7 Å². The Bertz CT molecular complexity index is 273. The zero-order valence-corrected chi connectivity index (χ0v) is 10.2. The van der Waals surface area contributed by atoms with Gasteiger partial charge in [0, 0.05) is 19.3 Å². The van der Waals surface area contributed by atoms with Gasteiger partial charge in [0.15, 0.2) is 0 Å². The predicted octanol–water partition coefficient (Wildman–Crippen LogP) is 2.83. The second kappa shape index (κ2) is 6.85. The van der Waals surface area contributed by atoms with Crippen LogP contribution in [-0.4, -0.2) is 22.3 Å². The summed E-state index contributed by atoms with van der Waals surface area (Å²) in [5.41, 5.74) is 1.08. The zero-order chi connectivity index (χ0) is 11.1. The minimum absolute atomic E-state index is 0.330. The van der Waals surface area contributed by atoms with E-state index in [9.17, 15) is 0 Å². The highest BCUT2D eigenvalue weighted by atomic mass is 35.5. The monoisotopic (exact) mass is 230 g/mol. The number of nitrogens with zero attached hydrogens (tertiary/aromatic N) is 2. The van der Waals surface area contributed by atoms with Gasteiger partial charge in [0.2, 0.25) is 0 Å². The van der Waals surface area contributed by atoms with E-state index in [2.05, 4.69) is 23.4 Å². The van der Waals surface area contributed by atoms with Gasteiger partial charge >= 0.3 is 0 Å². The Morgan fingerprint density at radius 1 is 1.47 bits per heavy atom. The molecule has 0 aliphatic rings. The van der Waals surface area contributed by atoms with Crippen LogP contribution in [0.3, 0.4) is 0 Å². The number of hydrogen-bond acceptors (Lipinski definition) is 2. The molecule has 0 atom stereocenters. The highest BCUT2D eigenvalue weighted by Crippen LogP contribution is 2.05. The summed E-state index contributed by atoms with van der Waals surface area (Å²) in [6.45, 7) is 5.93. The van der Waals surface area contributed by atoms with E-state index in [4.69, 9.17) is 16.3 Å². The van der Waals surface area contributed by atoms with E-state index in [-0.39, 0.29) is 0 Å². The topological polar surface area (TPSA) is 27.1 Å². The Morgan fingerprint density at radius 3 is 2.93 bits per heavy atom. The molecule has 0 aliphatic heterocycles. The van der Waals surface area contributed by atoms with Gasteiger partial charge in [0.05, 0.1) is 24.0 Å². The van der Waals surface area contributed by atoms with Crippen LogP contribution in [0.4, 0.5) is 0 Å². The maximum absolute atomic E-state index is 5.77. The van der Waals surface area contributed by atoms with Crippen LogP contribution in [0.15, 0.2) is 12.5 Å². The summed E-state index contributed by atoms with van der Waals surface area (Å²) in [5, 5.41) is 0. The van der Waals surface area contributed by atoms with Crippen LogP contribution in [0, 0.1) is 0 Å². The van der Waals surface area contributed by atoms with Crippen molar-refractivity contribution < 1.29 is 4.74 Å². The van der Waals surface area contributed by atoms with Crippen molar-refractivity contribution in [2.45, 2.75) is 45.2 Å². The van der Waals surface area contributed by atoms with E-state index < -0.39 is 0 Å². The highest BCUT2D eigenvalue weighted by Gasteiger charge is 2.00. The fraction of sp³-hybridized carbons (Fsp3) is 0.727. The van der Waals surface area contributed by atoms with Gasteiger partial charge in [0.1, 0.15) is 0 Å². The normalized spacial score (nSPS) is 11.2. The molecule has 15 heavy (non-hydrogen) atoms. The van der Waals surface area contributed by atoms with Crippen molar-refractivity contribution in [1.29, 1.82) is 0 Å². The van der Waals surface area contributed by atoms with Gasteiger partial charge in [-0.25, -0.2) is 4.98 Å². The molecule has 0 aliphatic carbocycles. The van der Waals surface area contributed by atoms with Crippen molar-refractivity contribution in [1.82, 2.24) is 9.55 Å². The van der Waals surface area contributed by atoms with E-state index in [1.165, 1.54) is 0 Å². The van der Waals surface area contributed by atoms with Gasteiger partial charge in [0.25, 0.3) is 0 Å². The quantitative estimate of drug-likeness (QED) is 0.532. The SMILES string of the molecule is CC(C)OCCCCn1cncc1CCl. The first-order chi connectivity index (χ1) is 7.24. The molecule has 0 amide bonds. The number of imidazole rings is 1. The van der Waals surface area contributed by atoms with Crippen molar-refractivity contribution in [3.8, 4) is 0 Å². The van der Waals surface area contributed by atoms with E-state index in [1.54, 1.807) is 0 Å². The third kappa shape index (κ3) is 4.67. The average Bonchev–Trinajstić information content (AvgIpc) is 2.64. The molecular formula is C11H19ClN2O. The second-order valence-corrected chi connectivity index (χ2v) is 4.11. The summed E-state index contributed by atoms with van der Waals surface area (Å²) in [5.74, 6) is 0.530. The van der Waals surface area contributed by atoms with Gasteiger partial charge in [-0.3, -0.25) is 0 Å². The third-order valence-electron chi connectivity index (χ3n) is 2.18. The standard InChI is InChI=1S/C11H19ClN2O/c1-10(2)15-6-4-3-5-14-9-13-8-11(14)7-12/h8-10H,3-7H2,1-2H3. The first kappa shape index (κ1) is 12.5. The molecule has 1 heterocycles. The molecule has 1 rings (SSSR count). The summed E-state index contributed by atoms with van der Waals surface area (Å²) in [7, 11) is 0. The molecule has 0 spiro atoms. The molecule has 4 heteroatoms. The smallest absolute Gasteiger partial charge is 0.0948 e. The van der Waals surface area contributed by atoms with Crippen LogP contribution < -0.4 is 0 Å². The molecule has 0 saturated carbocycles. The number of hydrogen-bond donors (Lipinski definition) is 0. The van der Waals surface area contributed by atoms with Gasteiger partial charge in [-0.2, -0.15) is 0 Å². The molecule has 0 aromatic carbocycles. The maximum Gasteiger partial charge on any atom is 0.0948 e. The highest BCUT2D eigenvalue weighted by molar-refractivity contribution is 6.16. The number of aryl methyl sites for hydroxylation is 1. The predicted molar refractivity (Wildman–Crippen MR) is 62.1 cm³/mol. The van der Waals surface area contributed by atoms with E-state index >= 15 is 0 Å². The van der Waals surface area contributed by atoms with Crippen LogP contribution in [-0.2, 0) is 17.2 Å². The Labute approximate surface area is 96.4 Å². The van der Waals surface area contributed by atoms with E-state index in [0.717, 1.165) is 31.7 Å². The lowest BCUT2D eigenvalue weighted by Crippen LogP contribution is -2.06. The van der Waals surface area contributed by atoms with Crippen molar-refractivity contribution >= 4 is 11.6 Å². The molecule has 86 valence electrons. The molecule has 0 bridgehead atoms. The Morgan fingerprint density at radius 2 is 2.27 bits per heavy atom. The fourth-order valence-corrected chi connectivity index (χ4v) is 1.59. The number of halogens is 1.